The van der Waals surface area contributed by atoms with E-state index in [1.165, 1.54) is 16.8 Å². The number of methoxy groups -OCH3 is 1. The molecular weight excluding hydrogens is 435 g/mol. The van der Waals surface area contributed by atoms with Crippen molar-refractivity contribution in [3.63, 3.8) is 0 Å². The smallest absolute Gasteiger partial charge is 0.267 e. The summed E-state index contributed by atoms with van der Waals surface area (Å²) >= 11 is 5.88. The van der Waals surface area contributed by atoms with Crippen LogP contribution in [0.4, 0.5) is 10.1 Å². The van der Waals surface area contributed by atoms with E-state index in [1.807, 2.05) is 29.2 Å². The van der Waals surface area contributed by atoms with Gasteiger partial charge in [-0.3, -0.25) is 9.59 Å². The van der Waals surface area contributed by atoms with Gasteiger partial charge in [-0.25, -0.2) is 9.07 Å². The van der Waals surface area contributed by atoms with Crippen LogP contribution in [0.5, 0.6) is 5.75 Å². The number of carbonyl (C=O) groups is 1. The zero-order valence-electron chi connectivity index (χ0n) is 17.5. The number of ether oxygens (including phenoxy) is 1. The summed E-state index contributed by atoms with van der Waals surface area (Å²) in [6.07, 6.45) is 0. The number of anilines is 1. The minimum absolute atomic E-state index is 0.0724. The summed E-state index contributed by atoms with van der Waals surface area (Å²) in [6.45, 7) is 2.01. The van der Waals surface area contributed by atoms with Crippen molar-refractivity contribution in [1.29, 1.82) is 0 Å². The molecule has 0 N–H and O–H groups in total. The Morgan fingerprint density at radius 3 is 2.44 bits per heavy atom. The molecule has 2 aromatic carbocycles. The predicted molar refractivity (Wildman–Crippen MR) is 121 cm³/mol. The molecule has 1 aliphatic rings. The highest BCUT2D eigenvalue weighted by molar-refractivity contribution is 6.31. The van der Waals surface area contributed by atoms with Crippen LogP contribution < -0.4 is 15.2 Å². The third kappa shape index (κ3) is 4.75. The van der Waals surface area contributed by atoms with Crippen LogP contribution in [0.1, 0.15) is 0 Å². The van der Waals surface area contributed by atoms with Crippen molar-refractivity contribution in [2.24, 2.45) is 0 Å². The molecule has 1 fully saturated rings. The maximum atomic E-state index is 13.4. The van der Waals surface area contributed by atoms with Crippen LogP contribution in [0.25, 0.3) is 11.3 Å². The van der Waals surface area contributed by atoms with E-state index in [1.54, 1.807) is 30.2 Å². The second kappa shape index (κ2) is 9.40. The molecule has 0 atom stereocenters. The molecule has 0 bridgehead atoms. The van der Waals surface area contributed by atoms with Gasteiger partial charge >= 0.3 is 0 Å². The molecule has 0 aliphatic carbocycles. The lowest BCUT2D eigenvalue weighted by molar-refractivity contribution is -0.132. The first-order chi connectivity index (χ1) is 15.4. The number of benzene rings is 2. The number of carbonyl (C=O) groups excluding carboxylic acids is 1. The summed E-state index contributed by atoms with van der Waals surface area (Å²) in [6, 6.07) is 15.0. The molecular formula is C23H22ClFN4O3. The summed E-state index contributed by atoms with van der Waals surface area (Å²) in [5, 5.41) is 4.44. The van der Waals surface area contributed by atoms with E-state index in [4.69, 9.17) is 16.3 Å². The fourth-order valence-electron chi connectivity index (χ4n) is 3.60. The van der Waals surface area contributed by atoms with Crippen molar-refractivity contribution in [3.05, 3.63) is 75.8 Å². The minimum Gasteiger partial charge on any atom is -0.497 e. The van der Waals surface area contributed by atoms with Gasteiger partial charge in [0.05, 0.1) is 17.8 Å². The molecule has 1 saturated heterocycles. The number of amides is 1. The summed E-state index contributed by atoms with van der Waals surface area (Å²) in [4.78, 5) is 28.8. The quantitative estimate of drug-likeness (QED) is 0.590. The molecule has 1 amide bonds. The first kappa shape index (κ1) is 21.8. The van der Waals surface area contributed by atoms with Gasteiger partial charge in [0.25, 0.3) is 5.56 Å². The predicted octanol–water partition coefficient (Wildman–Crippen LogP) is 3.06. The Labute approximate surface area is 189 Å². The average molecular weight is 457 g/mol. The Balaban J connectivity index is 1.41. The van der Waals surface area contributed by atoms with Gasteiger partial charge in [0.1, 0.15) is 18.1 Å². The van der Waals surface area contributed by atoms with Crippen molar-refractivity contribution in [1.82, 2.24) is 14.7 Å². The van der Waals surface area contributed by atoms with E-state index < -0.39 is 5.82 Å². The van der Waals surface area contributed by atoms with E-state index in [2.05, 4.69) is 5.10 Å². The minimum atomic E-state index is -0.459. The highest BCUT2D eigenvalue weighted by Crippen LogP contribution is 2.24. The zero-order chi connectivity index (χ0) is 22.7. The lowest BCUT2D eigenvalue weighted by atomic mass is 10.1. The summed E-state index contributed by atoms with van der Waals surface area (Å²) in [7, 11) is 1.59. The molecule has 0 radical (unpaired) electrons. The Morgan fingerprint density at radius 1 is 1.06 bits per heavy atom. The first-order valence-corrected chi connectivity index (χ1v) is 10.5. The number of hydrogen-bond acceptors (Lipinski definition) is 5. The number of nitrogens with zero attached hydrogens (tertiary/aromatic N) is 4. The number of rotatable bonds is 5. The van der Waals surface area contributed by atoms with Gasteiger partial charge < -0.3 is 14.5 Å². The lowest BCUT2D eigenvalue weighted by Crippen LogP contribution is -2.50. The molecule has 1 aliphatic heterocycles. The van der Waals surface area contributed by atoms with Crippen LogP contribution in [0, 0.1) is 5.82 Å². The van der Waals surface area contributed by atoms with Crippen molar-refractivity contribution in [2.45, 2.75) is 6.54 Å². The van der Waals surface area contributed by atoms with E-state index in [0.717, 1.165) is 17.0 Å². The highest BCUT2D eigenvalue weighted by Gasteiger charge is 2.22. The van der Waals surface area contributed by atoms with Gasteiger partial charge in [-0.05, 0) is 48.5 Å². The van der Waals surface area contributed by atoms with Crippen LogP contribution in [-0.2, 0) is 11.3 Å². The van der Waals surface area contributed by atoms with E-state index >= 15 is 0 Å². The average Bonchev–Trinajstić information content (AvgIpc) is 2.82. The Bertz CT molecular complexity index is 1170. The topological polar surface area (TPSA) is 67.7 Å². The second-order valence-electron chi connectivity index (χ2n) is 7.41. The standard InChI is InChI=1S/C23H22ClFN4O3/c1-32-18-5-2-16(3-6-18)21-8-9-22(30)29(26-21)15-23(31)28-12-10-27(11-13-28)17-4-7-20(25)19(24)14-17/h2-9,14H,10-13,15H2,1H3. The monoisotopic (exact) mass is 456 g/mol. The summed E-state index contributed by atoms with van der Waals surface area (Å²) in [5.74, 6) is 0.0848. The fourth-order valence-corrected chi connectivity index (χ4v) is 3.78. The largest absolute Gasteiger partial charge is 0.497 e. The van der Waals surface area contributed by atoms with Crippen LogP contribution in [-0.4, -0.2) is 53.9 Å². The van der Waals surface area contributed by atoms with Crippen LogP contribution in [0.15, 0.2) is 59.4 Å². The van der Waals surface area contributed by atoms with Gasteiger partial charge in [0, 0.05) is 43.5 Å². The summed E-state index contributed by atoms with van der Waals surface area (Å²) in [5.41, 5.74) is 1.89. The third-order valence-electron chi connectivity index (χ3n) is 5.44. The van der Waals surface area contributed by atoms with Crippen molar-refractivity contribution >= 4 is 23.2 Å². The maximum absolute atomic E-state index is 13.4. The molecule has 4 rings (SSSR count). The number of aromatic nitrogens is 2. The molecule has 0 spiro atoms. The van der Waals surface area contributed by atoms with E-state index in [9.17, 15) is 14.0 Å². The Morgan fingerprint density at radius 2 is 1.78 bits per heavy atom. The third-order valence-corrected chi connectivity index (χ3v) is 5.73. The van der Waals surface area contributed by atoms with E-state index in [-0.39, 0.29) is 23.0 Å². The SMILES string of the molecule is COc1ccc(-c2ccc(=O)n(CC(=O)N3CCN(c4ccc(F)c(Cl)c4)CC3)n2)cc1. The van der Waals surface area contributed by atoms with Crippen molar-refractivity contribution in [2.75, 3.05) is 38.2 Å². The normalized spacial score (nSPS) is 13.8. The molecule has 3 aromatic rings. The van der Waals surface area contributed by atoms with Crippen LogP contribution >= 0.6 is 11.6 Å². The molecule has 0 saturated carbocycles. The van der Waals surface area contributed by atoms with Gasteiger partial charge in [-0.15, -0.1) is 0 Å². The van der Waals surface area contributed by atoms with Gasteiger partial charge in [-0.1, -0.05) is 11.6 Å². The first-order valence-electron chi connectivity index (χ1n) is 10.1. The van der Waals surface area contributed by atoms with Crippen molar-refractivity contribution in [3.8, 4) is 17.0 Å². The molecule has 166 valence electrons. The molecule has 9 heteroatoms. The number of piperazine rings is 1. The molecule has 2 heterocycles. The van der Waals surface area contributed by atoms with Crippen LogP contribution in [0.2, 0.25) is 5.02 Å². The highest BCUT2D eigenvalue weighted by atomic mass is 35.5. The van der Waals surface area contributed by atoms with Crippen LogP contribution in [0.3, 0.4) is 0 Å². The number of halogens is 2. The van der Waals surface area contributed by atoms with Gasteiger partial charge in [-0.2, -0.15) is 5.10 Å². The van der Waals surface area contributed by atoms with E-state index in [0.29, 0.717) is 31.9 Å². The Hall–Kier alpha value is -3.39. The molecule has 32 heavy (non-hydrogen) atoms. The molecule has 0 unspecified atom stereocenters. The van der Waals surface area contributed by atoms with Crippen molar-refractivity contribution < 1.29 is 13.9 Å². The fraction of sp³-hybridized carbons (Fsp3) is 0.261. The van der Waals surface area contributed by atoms with Gasteiger partial charge in [0.15, 0.2) is 0 Å². The Kier molecular flexibility index (Phi) is 6.41. The summed E-state index contributed by atoms with van der Waals surface area (Å²) < 4.78 is 19.8. The lowest BCUT2D eigenvalue weighted by Gasteiger charge is -2.36. The molecule has 1 aromatic heterocycles. The second-order valence-corrected chi connectivity index (χ2v) is 7.82. The zero-order valence-corrected chi connectivity index (χ0v) is 18.3. The van der Waals surface area contributed by atoms with Gasteiger partial charge in [0.2, 0.25) is 5.91 Å². The number of hydrogen-bond donors (Lipinski definition) is 0. The molecule has 7 nitrogen and oxygen atoms in total. The maximum Gasteiger partial charge on any atom is 0.267 e.